The summed E-state index contributed by atoms with van der Waals surface area (Å²) in [6.45, 7) is 12.2. The first-order valence-electron chi connectivity index (χ1n) is 22.3. The fourth-order valence-corrected chi connectivity index (χ4v) is 5.05. The highest BCUT2D eigenvalue weighted by Gasteiger charge is 2.17. The van der Waals surface area contributed by atoms with E-state index in [0.717, 1.165) is 108 Å². The zero-order chi connectivity index (χ0) is 50.7. The van der Waals surface area contributed by atoms with Crippen LogP contribution in [-0.4, -0.2) is 122 Å². The van der Waals surface area contributed by atoms with Gasteiger partial charge in [-0.1, -0.05) is 0 Å². The predicted octanol–water partition coefficient (Wildman–Crippen LogP) is 8.18. The zero-order valence-corrected chi connectivity index (χ0v) is 41.2. The second-order valence-electron chi connectivity index (χ2n) is 14.6. The first kappa shape index (κ1) is 63.7. The lowest BCUT2D eigenvalue weighted by molar-refractivity contribution is -0.184. The van der Waals surface area contributed by atoms with Crippen LogP contribution in [-0.2, 0) is 66.6 Å². The Morgan fingerprint density at radius 2 is 0.716 bits per heavy atom. The molecule has 380 valence electrons. The van der Waals surface area contributed by atoms with Crippen LogP contribution in [0.2, 0.25) is 0 Å². The number of carbonyl (C=O) groups excluding carboxylic acids is 7. The van der Waals surface area contributed by atoms with E-state index < -0.39 is 0 Å². The molecule has 4 heterocycles. The molecule has 4 fully saturated rings. The molecule has 0 aromatic heterocycles. The average Bonchev–Trinajstić information content (AvgIpc) is 3.34. The van der Waals surface area contributed by atoms with E-state index >= 15 is 0 Å². The van der Waals surface area contributed by atoms with Gasteiger partial charge in [-0.05, 0) is 113 Å². The summed E-state index contributed by atoms with van der Waals surface area (Å²) >= 11 is 0. The van der Waals surface area contributed by atoms with Crippen LogP contribution >= 0.6 is 0 Å². The monoisotopic (exact) mass is 953 g/mol. The molecule has 4 aliphatic heterocycles. The predicted molar refractivity (Wildman–Crippen MR) is 247 cm³/mol. The van der Waals surface area contributed by atoms with Crippen molar-refractivity contribution in [1.82, 2.24) is 0 Å². The molecule has 18 nitrogen and oxygen atoms in total. The molecular formula is C49H76O18. The molecule has 67 heavy (non-hydrogen) atoms. The molecule has 0 radical (unpaired) electrons. The highest BCUT2D eigenvalue weighted by atomic mass is 16.7. The second-order valence-corrected chi connectivity index (χ2v) is 14.6. The summed E-state index contributed by atoms with van der Waals surface area (Å²) in [4.78, 5) is 69.7. The second kappa shape index (κ2) is 43.2. The van der Waals surface area contributed by atoms with Crippen LogP contribution in [0.3, 0.4) is 0 Å². The molecule has 0 spiro atoms. The first-order chi connectivity index (χ1) is 32.0. The van der Waals surface area contributed by atoms with Gasteiger partial charge in [0.15, 0.2) is 12.6 Å². The minimum atomic E-state index is -0.272. The van der Waals surface area contributed by atoms with Gasteiger partial charge < -0.3 is 52.1 Å². The number of hydrogen-bond acceptors (Lipinski definition) is 18. The number of ether oxygens (including phenoxy) is 11. The number of benzene rings is 2. The zero-order valence-electron chi connectivity index (χ0n) is 41.2. The maximum absolute atomic E-state index is 10.4. The maximum Gasteiger partial charge on any atom is 0.304 e. The minimum absolute atomic E-state index is 0.124. The molecule has 2 aromatic carbocycles. The van der Waals surface area contributed by atoms with Crippen LogP contribution in [0.4, 0.5) is 0 Å². The summed E-state index contributed by atoms with van der Waals surface area (Å²) in [5, 5.41) is 0. The van der Waals surface area contributed by atoms with E-state index in [4.69, 9.17) is 33.2 Å². The third-order valence-electron chi connectivity index (χ3n) is 8.84. The van der Waals surface area contributed by atoms with Gasteiger partial charge in [-0.3, -0.25) is 33.6 Å². The number of aldehydes is 2. The Morgan fingerprint density at radius 1 is 0.433 bits per heavy atom. The summed E-state index contributed by atoms with van der Waals surface area (Å²) in [5.74, 6) is 0.275. The Bertz CT molecular complexity index is 1450. The molecule has 0 N–H and O–H groups in total. The van der Waals surface area contributed by atoms with Crippen LogP contribution in [0.25, 0.3) is 0 Å². The van der Waals surface area contributed by atoms with Crippen molar-refractivity contribution in [1.29, 1.82) is 0 Å². The van der Waals surface area contributed by atoms with E-state index in [1.807, 2.05) is 0 Å². The average molecular weight is 953 g/mol. The standard InChI is InChI=1S/2C12H14O3.C7H12O3.C6H12O.4C3H6O2/c2*13-9-10-4-6-11(7-5-10)15-12-3-1-2-8-14-12;1-6(8)10-7-4-2-3-5-9-7;1-6-4-2-3-5-7-6;4*1-3(4)5-2/h2*4-7,9,12H,1-3,8H2;7H,2-5H2,1H3;6H,2-5H2,1H3;4*1-2H3/t2*12-;7-;6-;;;;/m0011..../s1. The Balaban J connectivity index is 0. The van der Waals surface area contributed by atoms with Crippen molar-refractivity contribution >= 4 is 42.4 Å². The van der Waals surface area contributed by atoms with Crippen molar-refractivity contribution in [2.45, 2.75) is 144 Å². The maximum atomic E-state index is 10.4. The van der Waals surface area contributed by atoms with Gasteiger partial charge >= 0.3 is 29.8 Å². The quantitative estimate of drug-likeness (QED) is 0.145. The summed E-state index contributed by atoms with van der Waals surface area (Å²) in [6.07, 6.45) is 15.0. The van der Waals surface area contributed by atoms with Crippen molar-refractivity contribution in [3.63, 3.8) is 0 Å². The van der Waals surface area contributed by atoms with E-state index in [1.165, 1.54) is 82.3 Å². The van der Waals surface area contributed by atoms with Gasteiger partial charge in [-0.15, -0.1) is 0 Å². The number of rotatable bonds is 7. The van der Waals surface area contributed by atoms with E-state index in [0.29, 0.717) is 17.2 Å². The van der Waals surface area contributed by atoms with Crippen molar-refractivity contribution in [3.8, 4) is 11.5 Å². The van der Waals surface area contributed by atoms with Gasteiger partial charge in [-0.2, -0.15) is 0 Å². The molecule has 4 saturated heterocycles. The van der Waals surface area contributed by atoms with E-state index in [1.54, 1.807) is 48.5 Å². The van der Waals surface area contributed by atoms with Gasteiger partial charge in [0, 0.05) is 71.6 Å². The van der Waals surface area contributed by atoms with Crippen LogP contribution in [0.1, 0.15) is 139 Å². The lowest BCUT2D eigenvalue weighted by atomic mass is 10.1. The van der Waals surface area contributed by atoms with Crippen molar-refractivity contribution in [3.05, 3.63) is 59.7 Å². The Labute approximate surface area is 396 Å². The Hall–Kier alpha value is -5.43. The Morgan fingerprint density at radius 3 is 0.910 bits per heavy atom. The molecule has 4 atom stereocenters. The van der Waals surface area contributed by atoms with Crippen molar-refractivity contribution in [2.24, 2.45) is 0 Å². The van der Waals surface area contributed by atoms with Crippen LogP contribution in [0.5, 0.6) is 11.5 Å². The lowest BCUT2D eigenvalue weighted by Gasteiger charge is -2.23. The summed E-state index contributed by atoms with van der Waals surface area (Å²) in [5.41, 5.74) is 1.32. The molecule has 0 aliphatic carbocycles. The summed E-state index contributed by atoms with van der Waals surface area (Å²) < 4.78 is 53.8. The van der Waals surface area contributed by atoms with Crippen LogP contribution < -0.4 is 9.47 Å². The third kappa shape index (κ3) is 41.7. The van der Waals surface area contributed by atoms with Gasteiger partial charge in [-0.25, -0.2) is 0 Å². The molecule has 0 saturated carbocycles. The molecule has 0 unspecified atom stereocenters. The third-order valence-corrected chi connectivity index (χ3v) is 8.84. The van der Waals surface area contributed by atoms with Gasteiger partial charge in [0.1, 0.15) is 24.1 Å². The van der Waals surface area contributed by atoms with Crippen LogP contribution in [0.15, 0.2) is 48.5 Å². The fraction of sp³-hybridized carbons (Fsp3) is 0.612. The molecule has 6 rings (SSSR count). The lowest BCUT2D eigenvalue weighted by Crippen LogP contribution is -2.24. The molecular weight excluding hydrogens is 877 g/mol. The molecule has 0 amide bonds. The number of esters is 5. The van der Waals surface area contributed by atoms with E-state index in [2.05, 4.69) is 25.9 Å². The smallest absolute Gasteiger partial charge is 0.304 e. The normalized spacial score (nSPS) is 18.7. The summed E-state index contributed by atoms with van der Waals surface area (Å²) in [7, 11) is 5.40. The van der Waals surface area contributed by atoms with E-state index in [-0.39, 0.29) is 48.7 Å². The van der Waals surface area contributed by atoms with Gasteiger partial charge in [0.2, 0.25) is 6.29 Å². The molecule has 2 aromatic rings. The van der Waals surface area contributed by atoms with Crippen molar-refractivity contribution in [2.75, 3.05) is 54.9 Å². The van der Waals surface area contributed by atoms with Crippen LogP contribution in [0, 0.1) is 0 Å². The largest absolute Gasteiger partial charge is 0.469 e. The summed E-state index contributed by atoms with van der Waals surface area (Å²) in [6, 6.07) is 14.1. The Kier molecular flexibility index (Phi) is 41.0. The SMILES string of the molecule is CC(=O)O[C@@H]1CCCCO1.COC(C)=O.COC(C)=O.COC(C)=O.COC(C)=O.C[C@@H]1CCCCO1.O=Cc1ccc(O[C@H]2CCCCO2)cc1.O=Cc1ccc(O[C@H]2CCCCO2)cc1. The number of carbonyl (C=O) groups is 7. The van der Waals surface area contributed by atoms with Gasteiger partial charge in [0.25, 0.3) is 0 Å². The van der Waals surface area contributed by atoms with Gasteiger partial charge in [0.05, 0.1) is 54.4 Å². The highest BCUT2D eigenvalue weighted by molar-refractivity contribution is 5.75. The fourth-order valence-electron chi connectivity index (χ4n) is 5.05. The number of methoxy groups -OCH3 is 4. The molecule has 0 bridgehead atoms. The topological polar surface area (TPSA) is 221 Å². The first-order valence-corrected chi connectivity index (χ1v) is 22.3. The molecule has 18 heteroatoms. The highest BCUT2D eigenvalue weighted by Crippen LogP contribution is 2.20. The minimum Gasteiger partial charge on any atom is -0.469 e. The van der Waals surface area contributed by atoms with E-state index in [9.17, 15) is 33.6 Å². The number of hydrogen-bond donors (Lipinski definition) is 0. The van der Waals surface area contributed by atoms with Crippen molar-refractivity contribution < 1.29 is 85.7 Å². The molecule has 4 aliphatic rings.